The van der Waals surface area contributed by atoms with Gasteiger partial charge in [0.05, 0.1) is 17.9 Å². The lowest BCUT2D eigenvalue weighted by Gasteiger charge is -2.13. The zero-order chi connectivity index (χ0) is 11.0. The largest absolute Gasteiger partial charge is 0.464 e. The molecule has 0 bridgehead atoms. The molecule has 2 rings (SSSR count). The molecule has 1 fully saturated rings. The summed E-state index contributed by atoms with van der Waals surface area (Å²) in [6.45, 7) is 3.77. The van der Waals surface area contributed by atoms with Gasteiger partial charge in [0.2, 0.25) is 10.9 Å². The van der Waals surface area contributed by atoms with E-state index < -0.39 is 22.9 Å². The van der Waals surface area contributed by atoms with Crippen LogP contribution in [0.25, 0.3) is 6.08 Å². The number of carbonyl (C=O) groups excluding carboxylic acids is 1. The normalized spacial score (nSPS) is 20.3. The van der Waals surface area contributed by atoms with Gasteiger partial charge in [0, 0.05) is 6.42 Å². The van der Waals surface area contributed by atoms with Crippen molar-refractivity contribution in [1.82, 2.24) is 0 Å². The summed E-state index contributed by atoms with van der Waals surface area (Å²) in [5.41, 5.74) is -0.720. The van der Waals surface area contributed by atoms with Gasteiger partial charge in [-0.05, 0) is 0 Å². The summed E-state index contributed by atoms with van der Waals surface area (Å²) >= 11 is 0. The van der Waals surface area contributed by atoms with Crippen LogP contribution in [0.2, 0.25) is 0 Å². The Bertz CT molecular complexity index is 496. The van der Waals surface area contributed by atoms with Crippen LogP contribution in [0.1, 0.15) is 12.0 Å². The van der Waals surface area contributed by atoms with Crippen LogP contribution in [0.4, 0.5) is 5.69 Å². The first-order valence-corrected chi connectivity index (χ1v) is 4.54. The Morgan fingerprint density at radius 2 is 2.07 bits per heavy atom. The second kappa shape index (κ2) is 3.34. The van der Waals surface area contributed by atoms with Crippen LogP contribution in [-0.2, 0) is 9.53 Å². The van der Waals surface area contributed by atoms with Gasteiger partial charge in [-0.1, -0.05) is 12.7 Å². The van der Waals surface area contributed by atoms with Gasteiger partial charge < -0.3 is 10.1 Å². The van der Waals surface area contributed by atoms with Crippen LogP contribution in [0.5, 0.6) is 0 Å². The number of cyclic esters (lactones) is 1. The Labute approximate surface area is 85.1 Å². The van der Waals surface area contributed by atoms with E-state index in [1.807, 2.05) is 0 Å². The van der Waals surface area contributed by atoms with Gasteiger partial charge in [0.15, 0.2) is 0 Å². The molecule has 1 aromatic carbocycles. The molecule has 15 heavy (non-hydrogen) atoms. The first-order valence-electron chi connectivity index (χ1n) is 4.54. The predicted octanol–water partition coefficient (Wildman–Crippen LogP) is -0.347. The second-order valence-corrected chi connectivity index (χ2v) is 3.30. The van der Waals surface area contributed by atoms with E-state index in [1.165, 1.54) is 6.08 Å². The molecule has 0 radical (unpaired) electrons. The van der Waals surface area contributed by atoms with Crippen LogP contribution >= 0.6 is 0 Å². The van der Waals surface area contributed by atoms with Gasteiger partial charge in [-0.3, -0.25) is 9.59 Å². The lowest BCUT2D eigenvalue weighted by Crippen LogP contribution is -2.40. The van der Waals surface area contributed by atoms with Gasteiger partial charge in [0.1, 0.15) is 6.04 Å². The average Bonchev–Trinajstić information content (AvgIpc) is 2.63. The second-order valence-electron chi connectivity index (χ2n) is 3.30. The number of nitrogens with one attached hydrogen (secondary N) is 1. The standard InChI is InChI=1S/C10H9NO4/c1-2-5-7(9(13)8(5)12)11-6-3-4-15-10(6)14/h2,6,11H,1,3-4H2/t6-/m1/s1. The molecule has 1 saturated heterocycles. The molecule has 0 spiro atoms. The molecule has 1 aliphatic heterocycles. The molecule has 1 heterocycles. The van der Waals surface area contributed by atoms with E-state index in [9.17, 15) is 14.4 Å². The van der Waals surface area contributed by atoms with Gasteiger partial charge in [-0.25, -0.2) is 4.79 Å². The fourth-order valence-corrected chi connectivity index (χ4v) is 1.55. The minimum Gasteiger partial charge on any atom is -0.464 e. The van der Waals surface area contributed by atoms with Gasteiger partial charge in [-0.15, -0.1) is 0 Å². The summed E-state index contributed by atoms with van der Waals surface area (Å²) in [5.74, 6) is -0.391. The van der Waals surface area contributed by atoms with Gasteiger partial charge in [-0.2, -0.15) is 0 Å². The Balaban J connectivity index is 2.22. The Morgan fingerprint density at radius 3 is 2.60 bits per heavy atom. The van der Waals surface area contributed by atoms with Crippen molar-refractivity contribution < 1.29 is 9.53 Å². The molecule has 1 aliphatic rings. The Kier molecular flexibility index (Phi) is 2.15. The molecule has 5 heteroatoms. The van der Waals surface area contributed by atoms with E-state index in [2.05, 4.69) is 11.9 Å². The van der Waals surface area contributed by atoms with E-state index in [-0.39, 0.29) is 11.3 Å². The lowest BCUT2D eigenvalue weighted by molar-refractivity contribution is -0.138. The van der Waals surface area contributed by atoms with E-state index in [1.54, 1.807) is 0 Å². The van der Waals surface area contributed by atoms with Gasteiger partial charge >= 0.3 is 5.97 Å². The molecule has 0 aromatic heterocycles. The number of hydrogen-bond acceptors (Lipinski definition) is 5. The highest BCUT2D eigenvalue weighted by Gasteiger charge is 2.29. The van der Waals surface area contributed by atoms with E-state index in [0.29, 0.717) is 13.0 Å². The maximum absolute atomic E-state index is 11.2. The summed E-state index contributed by atoms with van der Waals surface area (Å²) in [5, 5.41) is 2.71. The molecular formula is C10H9NO4. The fourth-order valence-electron chi connectivity index (χ4n) is 1.55. The van der Waals surface area contributed by atoms with Crippen molar-refractivity contribution in [3.05, 3.63) is 32.6 Å². The smallest absolute Gasteiger partial charge is 0.328 e. The molecular weight excluding hydrogens is 198 g/mol. The zero-order valence-corrected chi connectivity index (χ0v) is 7.91. The Hall–Kier alpha value is -1.91. The lowest BCUT2D eigenvalue weighted by atomic mass is 10.1. The topological polar surface area (TPSA) is 72.5 Å². The van der Waals surface area contributed by atoms with Crippen molar-refractivity contribution in [1.29, 1.82) is 0 Å². The Morgan fingerprint density at radius 1 is 1.33 bits per heavy atom. The highest BCUT2D eigenvalue weighted by atomic mass is 16.5. The third-order valence-electron chi connectivity index (χ3n) is 2.41. The molecule has 0 saturated carbocycles. The number of esters is 1. The van der Waals surface area contributed by atoms with Crippen molar-refractivity contribution in [3.63, 3.8) is 0 Å². The average molecular weight is 207 g/mol. The molecule has 78 valence electrons. The summed E-state index contributed by atoms with van der Waals surface area (Å²) < 4.78 is 4.72. The SMILES string of the molecule is C=Cc1c(N[C@@H]2CCOC2=O)c(=O)c1=O. The number of anilines is 1. The van der Waals surface area contributed by atoms with Gasteiger partial charge in [0.25, 0.3) is 0 Å². The quantitative estimate of drug-likeness (QED) is 0.542. The third kappa shape index (κ3) is 1.36. The summed E-state index contributed by atoms with van der Waals surface area (Å²) in [4.78, 5) is 33.3. The van der Waals surface area contributed by atoms with Crippen LogP contribution < -0.4 is 16.2 Å². The molecule has 1 aromatic rings. The molecule has 1 atom stereocenters. The molecule has 0 amide bonds. The maximum Gasteiger partial charge on any atom is 0.328 e. The summed E-state index contributed by atoms with van der Waals surface area (Å²) in [6.07, 6.45) is 1.82. The van der Waals surface area contributed by atoms with Crippen LogP contribution in [0.15, 0.2) is 16.2 Å². The van der Waals surface area contributed by atoms with Crippen LogP contribution in [0, 0.1) is 0 Å². The maximum atomic E-state index is 11.2. The van der Waals surface area contributed by atoms with Crippen molar-refractivity contribution in [3.8, 4) is 0 Å². The molecule has 0 unspecified atom stereocenters. The number of rotatable bonds is 3. The monoisotopic (exact) mass is 207 g/mol. The van der Waals surface area contributed by atoms with Crippen LogP contribution in [-0.4, -0.2) is 18.6 Å². The molecule has 0 aliphatic carbocycles. The number of ether oxygens (including phenoxy) is 1. The van der Waals surface area contributed by atoms with Crippen molar-refractivity contribution >= 4 is 17.7 Å². The van der Waals surface area contributed by atoms with E-state index >= 15 is 0 Å². The minimum atomic E-state index is -0.593. The van der Waals surface area contributed by atoms with Crippen molar-refractivity contribution in [2.24, 2.45) is 0 Å². The highest BCUT2D eigenvalue weighted by molar-refractivity contribution is 5.83. The fraction of sp³-hybridized carbons (Fsp3) is 0.300. The first-order chi connectivity index (χ1) is 7.15. The zero-order valence-electron chi connectivity index (χ0n) is 7.91. The predicted molar refractivity (Wildman–Crippen MR) is 54.4 cm³/mol. The summed E-state index contributed by atoms with van der Waals surface area (Å²) in [6, 6.07) is -0.521. The van der Waals surface area contributed by atoms with Crippen molar-refractivity contribution in [2.75, 3.05) is 11.9 Å². The number of hydrogen-bond donors (Lipinski definition) is 1. The molecule has 1 N–H and O–H groups in total. The number of carbonyl (C=O) groups is 1. The third-order valence-corrected chi connectivity index (χ3v) is 2.41. The van der Waals surface area contributed by atoms with Crippen molar-refractivity contribution in [2.45, 2.75) is 12.5 Å². The minimum absolute atomic E-state index is 0.179. The van der Waals surface area contributed by atoms with E-state index in [4.69, 9.17) is 4.74 Å². The first kappa shape index (κ1) is 9.64. The van der Waals surface area contributed by atoms with E-state index in [0.717, 1.165) is 0 Å². The van der Waals surface area contributed by atoms with Crippen LogP contribution in [0.3, 0.4) is 0 Å². The highest BCUT2D eigenvalue weighted by Crippen LogP contribution is 2.15. The molecule has 5 nitrogen and oxygen atoms in total. The summed E-state index contributed by atoms with van der Waals surface area (Å²) in [7, 11) is 0.